The largest absolute Gasteiger partial charge is 0.444 e. The van der Waals surface area contributed by atoms with Crippen LogP contribution in [0, 0.1) is 0 Å². The van der Waals surface area contributed by atoms with Crippen LogP contribution in [0.2, 0.25) is 0 Å². The van der Waals surface area contributed by atoms with Crippen LogP contribution in [0.25, 0.3) is 0 Å². The highest BCUT2D eigenvalue weighted by molar-refractivity contribution is 5.68. The van der Waals surface area contributed by atoms with E-state index in [9.17, 15) is 4.79 Å². The molecule has 1 heterocycles. The standard InChI is InChI=1S/C20H29NO2/c1-6-16-10-8-9-11-17(16)20(7-2)12-14-21(15-13-20)18(22)23-19(3,4)5/h7-11H,2,6,12-15H2,1,3-5H3. The van der Waals surface area contributed by atoms with E-state index >= 15 is 0 Å². The summed E-state index contributed by atoms with van der Waals surface area (Å²) in [4.78, 5) is 14.1. The lowest BCUT2D eigenvalue weighted by atomic mass is 9.71. The molecule has 2 rings (SSSR count). The van der Waals surface area contributed by atoms with E-state index in [0.29, 0.717) is 13.1 Å². The molecule has 1 aliphatic rings. The Morgan fingerprint density at radius 1 is 1.30 bits per heavy atom. The Morgan fingerprint density at radius 3 is 2.43 bits per heavy atom. The minimum absolute atomic E-state index is 0.0366. The fourth-order valence-corrected chi connectivity index (χ4v) is 3.31. The molecule has 0 radical (unpaired) electrons. The Balaban J connectivity index is 2.14. The molecule has 0 bridgehead atoms. The molecule has 23 heavy (non-hydrogen) atoms. The van der Waals surface area contributed by atoms with Gasteiger partial charge in [-0.05, 0) is 51.2 Å². The van der Waals surface area contributed by atoms with Gasteiger partial charge in [-0.2, -0.15) is 0 Å². The number of hydrogen-bond donors (Lipinski definition) is 0. The summed E-state index contributed by atoms with van der Waals surface area (Å²) in [5.74, 6) is 0. The number of carbonyl (C=O) groups excluding carboxylic acids is 1. The first kappa shape index (κ1) is 17.6. The molecular weight excluding hydrogens is 286 g/mol. The van der Waals surface area contributed by atoms with Crippen molar-refractivity contribution in [2.45, 2.75) is 58.0 Å². The number of carbonyl (C=O) groups is 1. The Morgan fingerprint density at radius 2 is 1.91 bits per heavy atom. The van der Waals surface area contributed by atoms with Gasteiger partial charge in [0.05, 0.1) is 0 Å². The molecule has 0 spiro atoms. The maximum atomic E-state index is 12.3. The zero-order chi connectivity index (χ0) is 17.1. The van der Waals surface area contributed by atoms with Crippen LogP contribution >= 0.6 is 0 Å². The lowest BCUT2D eigenvalue weighted by Gasteiger charge is -2.41. The van der Waals surface area contributed by atoms with Crippen molar-refractivity contribution in [3.05, 3.63) is 48.0 Å². The molecule has 0 saturated carbocycles. The fraction of sp³-hybridized carbons (Fsp3) is 0.550. The molecule has 1 fully saturated rings. The van der Waals surface area contributed by atoms with E-state index in [2.05, 4.69) is 43.8 Å². The Kier molecular flexibility index (Phi) is 5.18. The summed E-state index contributed by atoms with van der Waals surface area (Å²) < 4.78 is 5.49. The summed E-state index contributed by atoms with van der Waals surface area (Å²) in [6, 6.07) is 8.60. The highest BCUT2D eigenvalue weighted by Crippen LogP contribution is 2.38. The number of ether oxygens (including phenoxy) is 1. The second-order valence-corrected chi connectivity index (χ2v) is 7.34. The van der Waals surface area contributed by atoms with E-state index in [4.69, 9.17) is 4.74 Å². The van der Waals surface area contributed by atoms with Crippen LogP contribution in [-0.2, 0) is 16.6 Å². The summed E-state index contributed by atoms with van der Waals surface area (Å²) in [6.07, 6.45) is 4.67. The van der Waals surface area contributed by atoms with Gasteiger partial charge in [-0.15, -0.1) is 6.58 Å². The SMILES string of the molecule is C=CC1(c2ccccc2CC)CCN(C(=O)OC(C)(C)C)CC1. The summed E-state index contributed by atoms with van der Waals surface area (Å²) in [6.45, 7) is 13.4. The number of allylic oxidation sites excluding steroid dienone is 1. The molecule has 3 heteroatoms. The quantitative estimate of drug-likeness (QED) is 0.756. The first-order valence-corrected chi connectivity index (χ1v) is 8.51. The van der Waals surface area contributed by atoms with Crippen molar-refractivity contribution in [1.82, 2.24) is 4.90 Å². The van der Waals surface area contributed by atoms with Gasteiger partial charge in [-0.1, -0.05) is 37.3 Å². The Bertz CT molecular complexity index is 563. The lowest BCUT2D eigenvalue weighted by Crippen LogP contribution is -2.46. The molecule has 1 aromatic carbocycles. The van der Waals surface area contributed by atoms with E-state index in [1.807, 2.05) is 25.7 Å². The van der Waals surface area contributed by atoms with Crippen LogP contribution in [-0.4, -0.2) is 29.7 Å². The Hall–Kier alpha value is -1.77. The first-order valence-electron chi connectivity index (χ1n) is 8.51. The van der Waals surface area contributed by atoms with E-state index in [1.54, 1.807) is 0 Å². The normalized spacial score (nSPS) is 17.7. The predicted molar refractivity (Wildman–Crippen MR) is 94.7 cm³/mol. The summed E-state index contributed by atoms with van der Waals surface area (Å²) >= 11 is 0. The van der Waals surface area contributed by atoms with E-state index in [0.717, 1.165) is 19.3 Å². The van der Waals surface area contributed by atoms with Gasteiger partial charge in [-0.3, -0.25) is 0 Å². The van der Waals surface area contributed by atoms with Crippen LogP contribution in [0.4, 0.5) is 4.79 Å². The number of aryl methyl sites for hydroxylation is 1. The van der Waals surface area contributed by atoms with Crippen LogP contribution in [0.3, 0.4) is 0 Å². The third kappa shape index (κ3) is 3.95. The number of nitrogens with zero attached hydrogens (tertiary/aromatic N) is 1. The van der Waals surface area contributed by atoms with Crippen molar-refractivity contribution in [1.29, 1.82) is 0 Å². The molecule has 1 aromatic rings. The molecule has 126 valence electrons. The zero-order valence-corrected chi connectivity index (χ0v) is 14.9. The maximum absolute atomic E-state index is 12.3. The molecule has 0 atom stereocenters. The van der Waals surface area contributed by atoms with Crippen LogP contribution < -0.4 is 0 Å². The molecule has 1 aliphatic heterocycles. The lowest BCUT2D eigenvalue weighted by molar-refractivity contribution is 0.0182. The van der Waals surface area contributed by atoms with Crippen LogP contribution in [0.15, 0.2) is 36.9 Å². The Labute approximate surface area is 140 Å². The van der Waals surface area contributed by atoms with Crippen molar-refractivity contribution < 1.29 is 9.53 Å². The molecular formula is C20H29NO2. The highest BCUT2D eigenvalue weighted by atomic mass is 16.6. The second kappa shape index (κ2) is 6.77. The summed E-state index contributed by atoms with van der Waals surface area (Å²) in [7, 11) is 0. The van der Waals surface area contributed by atoms with E-state index < -0.39 is 5.60 Å². The molecule has 3 nitrogen and oxygen atoms in total. The number of amides is 1. The predicted octanol–water partition coefficient (Wildman–Crippen LogP) is 4.70. The van der Waals surface area contributed by atoms with Gasteiger partial charge in [0.25, 0.3) is 0 Å². The third-order valence-electron chi connectivity index (χ3n) is 4.63. The van der Waals surface area contributed by atoms with Crippen LogP contribution in [0.1, 0.15) is 51.7 Å². The first-order chi connectivity index (χ1) is 10.8. The van der Waals surface area contributed by atoms with Crippen molar-refractivity contribution in [2.75, 3.05) is 13.1 Å². The second-order valence-electron chi connectivity index (χ2n) is 7.34. The van der Waals surface area contributed by atoms with E-state index in [1.165, 1.54) is 11.1 Å². The van der Waals surface area contributed by atoms with Gasteiger partial charge in [-0.25, -0.2) is 4.79 Å². The average molecular weight is 315 g/mol. The van der Waals surface area contributed by atoms with Crippen molar-refractivity contribution >= 4 is 6.09 Å². The maximum Gasteiger partial charge on any atom is 0.410 e. The number of rotatable bonds is 3. The van der Waals surface area contributed by atoms with Crippen molar-refractivity contribution in [3.63, 3.8) is 0 Å². The monoisotopic (exact) mass is 315 g/mol. The average Bonchev–Trinajstić information content (AvgIpc) is 2.53. The summed E-state index contributed by atoms with van der Waals surface area (Å²) in [5.41, 5.74) is 2.25. The number of benzene rings is 1. The minimum Gasteiger partial charge on any atom is -0.444 e. The number of piperidine rings is 1. The molecule has 0 aromatic heterocycles. The van der Waals surface area contributed by atoms with Gasteiger partial charge in [0, 0.05) is 18.5 Å². The molecule has 0 unspecified atom stereocenters. The summed E-state index contributed by atoms with van der Waals surface area (Å²) in [5, 5.41) is 0. The zero-order valence-electron chi connectivity index (χ0n) is 14.9. The van der Waals surface area contributed by atoms with Gasteiger partial charge < -0.3 is 9.64 Å². The smallest absolute Gasteiger partial charge is 0.410 e. The van der Waals surface area contributed by atoms with Gasteiger partial charge in [0.15, 0.2) is 0 Å². The van der Waals surface area contributed by atoms with Crippen molar-refractivity contribution in [3.8, 4) is 0 Å². The van der Waals surface area contributed by atoms with Crippen LogP contribution in [0.5, 0.6) is 0 Å². The third-order valence-corrected chi connectivity index (χ3v) is 4.63. The highest BCUT2D eigenvalue weighted by Gasteiger charge is 2.37. The van der Waals surface area contributed by atoms with Gasteiger partial charge in [0.2, 0.25) is 0 Å². The molecule has 0 N–H and O–H groups in total. The van der Waals surface area contributed by atoms with Gasteiger partial charge >= 0.3 is 6.09 Å². The van der Waals surface area contributed by atoms with E-state index in [-0.39, 0.29) is 11.5 Å². The fourth-order valence-electron chi connectivity index (χ4n) is 3.31. The molecule has 1 amide bonds. The molecule has 1 saturated heterocycles. The molecule has 0 aliphatic carbocycles. The van der Waals surface area contributed by atoms with Crippen molar-refractivity contribution in [2.24, 2.45) is 0 Å². The number of hydrogen-bond acceptors (Lipinski definition) is 2. The van der Waals surface area contributed by atoms with Gasteiger partial charge in [0.1, 0.15) is 5.60 Å². The minimum atomic E-state index is -0.446. The number of likely N-dealkylation sites (tertiary alicyclic amines) is 1. The topological polar surface area (TPSA) is 29.5 Å².